The fraction of sp³-hybridized carbons (Fsp3) is 0.571. The van der Waals surface area contributed by atoms with Crippen molar-refractivity contribution in [3.05, 3.63) is 35.9 Å². The third kappa shape index (κ3) is 5.08. The van der Waals surface area contributed by atoms with Gasteiger partial charge in [0.05, 0.1) is 0 Å². The van der Waals surface area contributed by atoms with Crippen LogP contribution in [0.1, 0.15) is 31.2 Å². The van der Waals surface area contributed by atoms with E-state index in [4.69, 9.17) is 0 Å². The van der Waals surface area contributed by atoms with Gasteiger partial charge in [-0.3, -0.25) is 14.4 Å². The van der Waals surface area contributed by atoms with Gasteiger partial charge in [0.25, 0.3) is 0 Å². The Balaban J connectivity index is 1.48. The van der Waals surface area contributed by atoms with Crippen LogP contribution in [-0.2, 0) is 20.8 Å². The molecule has 0 spiro atoms. The van der Waals surface area contributed by atoms with Crippen LogP contribution in [0.15, 0.2) is 30.3 Å². The van der Waals surface area contributed by atoms with Crippen LogP contribution in [0.4, 0.5) is 0 Å². The van der Waals surface area contributed by atoms with Crippen LogP contribution in [0.5, 0.6) is 0 Å². The minimum Gasteiger partial charge on any atom is -0.346 e. The first-order valence-corrected chi connectivity index (χ1v) is 9.89. The highest BCUT2D eigenvalue weighted by molar-refractivity contribution is 5.87. The van der Waals surface area contributed by atoms with Crippen molar-refractivity contribution in [1.29, 1.82) is 0 Å². The van der Waals surface area contributed by atoms with Gasteiger partial charge in [0.15, 0.2) is 0 Å². The number of likely N-dealkylation sites (tertiary alicyclic amines) is 1. The highest BCUT2D eigenvalue weighted by atomic mass is 16.2. The molecule has 0 N–H and O–H groups in total. The van der Waals surface area contributed by atoms with Gasteiger partial charge in [-0.2, -0.15) is 0 Å². The van der Waals surface area contributed by atoms with E-state index < -0.39 is 0 Å². The monoisotopic (exact) mass is 371 g/mol. The molecular weight excluding hydrogens is 342 g/mol. The number of piperidine rings is 1. The summed E-state index contributed by atoms with van der Waals surface area (Å²) in [6.07, 6.45) is 3.09. The first-order valence-electron chi connectivity index (χ1n) is 9.89. The molecule has 0 aromatic heterocycles. The van der Waals surface area contributed by atoms with Crippen LogP contribution < -0.4 is 0 Å². The second-order valence-corrected chi connectivity index (χ2v) is 7.55. The fourth-order valence-electron chi connectivity index (χ4n) is 3.85. The third-order valence-electron chi connectivity index (χ3n) is 5.64. The Labute approximate surface area is 161 Å². The lowest BCUT2D eigenvalue weighted by molar-refractivity contribution is -0.144. The van der Waals surface area contributed by atoms with Crippen LogP contribution in [0.25, 0.3) is 0 Å². The summed E-state index contributed by atoms with van der Waals surface area (Å²) in [6.45, 7) is 3.16. The van der Waals surface area contributed by atoms with Crippen molar-refractivity contribution in [2.75, 3.05) is 39.8 Å². The zero-order valence-electron chi connectivity index (χ0n) is 16.1. The van der Waals surface area contributed by atoms with E-state index in [0.717, 1.165) is 19.3 Å². The number of hydrogen-bond donors (Lipinski definition) is 0. The van der Waals surface area contributed by atoms with Gasteiger partial charge in [0.2, 0.25) is 17.7 Å². The SMILES string of the molecule is CN1CCC(C(=O)N2CCCN(C(=O)CCc3ccccc3)CC2)CC1=O. The van der Waals surface area contributed by atoms with Crippen molar-refractivity contribution in [2.24, 2.45) is 5.92 Å². The van der Waals surface area contributed by atoms with Gasteiger partial charge < -0.3 is 14.7 Å². The first-order chi connectivity index (χ1) is 13.0. The Hall–Kier alpha value is -2.37. The Morgan fingerprint density at radius 2 is 1.70 bits per heavy atom. The molecule has 1 atom stereocenters. The number of aryl methyl sites for hydroxylation is 1. The molecule has 3 rings (SSSR count). The lowest BCUT2D eigenvalue weighted by atomic mass is 9.95. The predicted molar refractivity (Wildman–Crippen MR) is 103 cm³/mol. The molecule has 2 aliphatic rings. The Morgan fingerprint density at radius 3 is 2.44 bits per heavy atom. The molecule has 0 radical (unpaired) electrons. The van der Waals surface area contributed by atoms with Crippen LogP contribution in [0, 0.1) is 5.92 Å². The number of rotatable bonds is 4. The van der Waals surface area contributed by atoms with Crippen LogP contribution >= 0.6 is 0 Å². The number of nitrogens with zero attached hydrogens (tertiary/aromatic N) is 3. The third-order valence-corrected chi connectivity index (χ3v) is 5.64. The topological polar surface area (TPSA) is 60.9 Å². The molecule has 27 heavy (non-hydrogen) atoms. The predicted octanol–water partition coefficient (Wildman–Crippen LogP) is 1.55. The number of carbonyl (C=O) groups is 3. The molecular formula is C21H29N3O3. The molecule has 3 amide bonds. The maximum atomic E-state index is 12.8. The summed E-state index contributed by atoms with van der Waals surface area (Å²) in [6, 6.07) is 10.0. The quantitative estimate of drug-likeness (QED) is 0.807. The molecule has 1 aromatic carbocycles. The van der Waals surface area contributed by atoms with Crippen molar-refractivity contribution in [1.82, 2.24) is 14.7 Å². The summed E-state index contributed by atoms with van der Waals surface area (Å²) in [5.41, 5.74) is 1.17. The number of benzene rings is 1. The van der Waals surface area contributed by atoms with E-state index in [1.807, 2.05) is 40.1 Å². The first kappa shape index (κ1) is 19.4. The minimum atomic E-state index is -0.200. The second kappa shape index (κ2) is 9.02. The summed E-state index contributed by atoms with van der Waals surface area (Å²) in [5, 5.41) is 0. The molecule has 1 unspecified atom stereocenters. The summed E-state index contributed by atoms with van der Waals surface area (Å²) in [7, 11) is 1.79. The lowest BCUT2D eigenvalue weighted by Crippen LogP contribution is -2.45. The van der Waals surface area contributed by atoms with E-state index in [1.165, 1.54) is 5.56 Å². The van der Waals surface area contributed by atoms with Crippen molar-refractivity contribution in [3.8, 4) is 0 Å². The van der Waals surface area contributed by atoms with Gasteiger partial charge >= 0.3 is 0 Å². The van der Waals surface area contributed by atoms with E-state index in [2.05, 4.69) is 0 Å². The van der Waals surface area contributed by atoms with Gasteiger partial charge in [-0.25, -0.2) is 0 Å². The summed E-state index contributed by atoms with van der Waals surface area (Å²) in [4.78, 5) is 42.7. The van der Waals surface area contributed by atoms with Crippen LogP contribution in [0.2, 0.25) is 0 Å². The number of hydrogen-bond acceptors (Lipinski definition) is 3. The summed E-state index contributed by atoms with van der Waals surface area (Å²) in [5.74, 6) is 0.0822. The van der Waals surface area contributed by atoms with Crippen molar-refractivity contribution < 1.29 is 14.4 Å². The number of carbonyl (C=O) groups excluding carboxylic acids is 3. The van der Waals surface area contributed by atoms with E-state index >= 15 is 0 Å². The molecule has 1 aromatic rings. The highest BCUT2D eigenvalue weighted by Gasteiger charge is 2.32. The summed E-state index contributed by atoms with van der Waals surface area (Å²) < 4.78 is 0. The largest absolute Gasteiger partial charge is 0.346 e. The average Bonchev–Trinajstić information content (AvgIpc) is 2.95. The normalized spacial score (nSPS) is 21.1. The highest BCUT2D eigenvalue weighted by Crippen LogP contribution is 2.21. The Bertz CT molecular complexity index is 677. The van der Waals surface area contributed by atoms with Crippen molar-refractivity contribution >= 4 is 17.7 Å². The smallest absolute Gasteiger partial charge is 0.226 e. The van der Waals surface area contributed by atoms with E-state index in [1.54, 1.807) is 11.9 Å². The molecule has 6 nitrogen and oxygen atoms in total. The summed E-state index contributed by atoms with van der Waals surface area (Å²) >= 11 is 0. The number of amides is 3. The van der Waals surface area contributed by atoms with E-state index in [9.17, 15) is 14.4 Å². The Morgan fingerprint density at radius 1 is 1.00 bits per heavy atom. The lowest BCUT2D eigenvalue weighted by Gasteiger charge is -2.31. The van der Waals surface area contributed by atoms with Gasteiger partial charge in [-0.05, 0) is 24.8 Å². The molecule has 6 heteroatoms. The zero-order valence-corrected chi connectivity index (χ0v) is 16.1. The maximum Gasteiger partial charge on any atom is 0.226 e. The van der Waals surface area contributed by atoms with Crippen molar-refractivity contribution in [3.63, 3.8) is 0 Å². The molecule has 0 bridgehead atoms. The molecule has 2 fully saturated rings. The van der Waals surface area contributed by atoms with Crippen molar-refractivity contribution in [2.45, 2.75) is 32.1 Å². The van der Waals surface area contributed by atoms with Gasteiger partial charge in [0.1, 0.15) is 0 Å². The van der Waals surface area contributed by atoms with E-state index in [0.29, 0.717) is 45.6 Å². The van der Waals surface area contributed by atoms with Crippen LogP contribution in [-0.4, -0.2) is 72.2 Å². The standard InChI is InChI=1S/C21H29N3O3/c1-22-13-10-18(16-20(22)26)21(27)24-12-5-11-23(14-15-24)19(25)9-8-17-6-3-2-4-7-17/h2-4,6-7,18H,5,8-16H2,1H3. The van der Waals surface area contributed by atoms with Gasteiger partial charge in [0, 0.05) is 58.5 Å². The average molecular weight is 371 g/mol. The van der Waals surface area contributed by atoms with E-state index in [-0.39, 0.29) is 23.6 Å². The molecule has 2 heterocycles. The zero-order chi connectivity index (χ0) is 19.2. The molecule has 2 aliphatic heterocycles. The molecule has 2 saturated heterocycles. The maximum absolute atomic E-state index is 12.8. The molecule has 0 saturated carbocycles. The van der Waals surface area contributed by atoms with Crippen LogP contribution in [0.3, 0.4) is 0 Å². The Kier molecular flexibility index (Phi) is 6.48. The molecule has 146 valence electrons. The minimum absolute atomic E-state index is 0.0483. The fourth-order valence-corrected chi connectivity index (χ4v) is 3.85. The second-order valence-electron chi connectivity index (χ2n) is 7.55. The van der Waals surface area contributed by atoms with Gasteiger partial charge in [-0.1, -0.05) is 30.3 Å². The van der Waals surface area contributed by atoms with Gasteiger partial charge in [-0.15, -0.1) is 0 Å². The molecule has 0 aliphatic carbocycles.